The van der Waals surface area contributed by atoms with Gasteiger partial charge in [-0.05, 0) is 42.3 Å². The van der Waals surface area contributed by atoms with Gasteiger partial charge in [0.15, 0.2) is 17.6 Å². The van der Waals surface area contributed by atoms with Gasteiger partial charge in [-0.15, -0.1) is 0 Å². The van der Waals surface area contributed by atoms with Crippen LogP contribution in [0.1, 0.15) is 11.1 Å². The van der Waals surface area contributed by atoms with Gasteiger partial charge in [0.2, 0.25) is 0 Å². The summed E-state index contributed by atoms with van der Waals surface area (Å²) in [6.45, 7) is 1.91. The molecular formula is C17H17ClO4. The Labute approximate surface area is 134 Å². The van der Waals surface area contributed by atoms with E-state index in [1.54, 1.807) is 36.4 Å². The Balaban J connectivity index is 2.24. The molecule has 5 heteroatoms. The van der Waals surface area contributed by atoms with Gasteiger partial charge in [0.1, 0.15) is 0 Å². The number of carboxylic acids is 1. The van der Waals surface area contributed by atoms with Crippen LogP contribution in [0.4, 0.5) is 0 Å². The number of carbonyl (C=O) groups is 1. The molecule has 0 unspecified atom stereocenters. The lowest BCUT2D eigenvalue weighted by atomic mass is 10.0. The molecule has 22 heavy (non-hydrogen) atoms. The lowest BCUT2D eigenvalue weighted by Crippen LogP contribution is -2.29. The van der Waals surface area contributed by atoms with Crippen LogP contribution in [-0.4, -0.2) is 24.3 Å². The molecule has 0 bridgehead atoms. The van der Waals surface area contributed by atoms with Crippen LogP contribution >= 0.6 is 11.6 Å². The van der Waals surface area contributed by atoms with Crippen LogP contribution in [0.15, 0.2) is 42.5 Å². The van der Waals surface area contributed by atoms with E-state index in [4.69, 9.17) is 21.1 Å². The summed E-state index contributed by atoms with van der Waals surface area (Å²) >= 11 is 5.98. The van der Waals surface area contributed by atoms with Gasteiger partial charge < -0.3 is 14.6 Å². The molecule has 116 valence electrons. The quantitative estimate of drug-likeness (QED) is 0.881. The lowest BCUT2D eigenvalue weighted by molar-refractivity contribution is -0.145. The maximum Gasteiger partial charge on any atom is 0.345 e. The molecule has 0 heterocycles. The summed E-state index contributed by atoms with van der Waals surface area (Å²) in [6, 6.07) is 12.4. The fourth-order valence-electron chi connectivity index (χ4n) is 2.11. The monoisotopic (exact) mass is 320 g/mol. The Kier molecular flexibility index (Phi) is 5.28. The van der Waals surface area contributed by atoms with Crippen molar-refractivity contribution in [2.24, 2.45) is 0 Å². The number of halogens is 1. The van der Waals surface area contributed by atoms with Crippen molar-refractivity contribution in [1.82, 2.24) is 0 Å². The number of rotatable bonds is 6. The molecule has 0 aliphatic carbocycles. The van der Waals surface area contributed by atoms with Crippen LogP contribution in [-0.2, 0) is 11.2 Å². The summed E-state index contributed by atoms with van der Waals surface area (Å²) in [5.41, 5.74) is 1.81. The average Bonchev–Trinajstić information content (AvgIpc) is 2.50. The minimum Gasteiger partial charge on any atom is -0.493 e. The molecule has 0 spiro atoms. The maximum atomic E-state index is 11.5. The molecule has 0 aliphatic heterocycles. The maximum absolute atomic E-state index is 11.5. The lowest BCUT2D eigenvalue weighted by Gasteiger charge is -2.18. The van der Waals surface area contributed by atoms with Gasteiger partial charge in [0.25, 0.3) is 0 Å². The molecule has 4 nitrogen and oxygen atoms in total. The zero-order valence-electron chi connectivity index (χ0n) is 12.4. The zero-order chi connectivity index (χ0) is 16.1. The summed E-state index contributed by atoms with van der Waals surface area (Å²) in [4.78, 5) is 11.5. The van der Waals surface area contributed by atoms with Crippen molar-refractivity contribution in [3.63, 3.8) is 0 Å². The first kappa shape index (κ1) is 16.2. The summed E-state index contributed by atoms with van der Waals surface area (Å²) in [5, 5.41) is 9.99. The van der Waals surface area contributed by atoms with E-state index in [1.807, 2.05) is 13.0 Å². The normalized spacial score (nSPS) is 11.8. The molecule has 0 amide bonds. The van der Waals surface area contributed by atoms with Crippen LogP contribution in [0.5, 0.6) is 11.5 Å². The predicted octanol–water partition coefficient (Wildman–Crippen LogP) is 3.73. The van der Waals surface area contributed by atoms with Crippen LogP contribution < -0.4 is 9.47 Å². The first-order chi connectivity index (χ1) is 10.5. The minimum absolute atomic E-state index is 0.222. The number of aliphatic carboxylic acids is 1. The number of para-hydroxylation sites is 2. The summed E-state index contributed by atoms with van der Waals surface area (Å²) in [5.74, 6) is -0.140. The van der Waals surface area contributed by atoms with E-state index in [1.165, 1.54) is 7.11 Å². The highest BCUT2D eigenvalue weighted by Crippen LogP contribution is 2.28. The van der Waals surface area contributed by atoms with E-state index in [2.05, 4.69) is 0 Å². The van der Waals surface area contributed by atoms with E-state index >= 15 is 0 Å². The van der Waals surface area contributed by atoms with Gasteiger partial charge in [0, 0.05) is 11.4 Å². The molecule has 0 saturated heterocycles. The first-order valence-corrected chi connectivity index (χ1v) is 7.16. The third kappa shape index (κ3) is 3.92. The van der Waals surface area contributed by atoms with Crippen LogP contribution in [0.3, 0.4) is 0 Å². The van der Waals surface area contributed by atoms with E-state index in [0.29, 0.717) is 16.5 Å². The molecule has 0 fully saturated rings. The predicted molar refractivity (Wildman–Crippen MR) is 84.9 cm³/mol. The molecule has 2 aromatic rings. The third-order valence-corrected chi connectivity index (χ3v) is 3.57. The van der Waals surface area contributed by atoms with Crippen molar-refractivity contribution in [3.8, 4) is 11.5 Å². The Hall–Kier alpha value is -2.20. The van der Waals surface area contributed by atoms with Gasteiger partial charge in [-0.25, -0.2) is 4.79 Å². The largest absolute Gasteiger partial charge is 0.493 e. The third-order valence-electron chi connectivity index (χ3n) is 3.33. The number of methoxy groups -OCH3 is 1. The fourth-order valence-corrected chi connectivity index (χ4v) is 2.30. The number of aryl methyl sites for hydroxylation is 1. The molecule has 2 aromatic carbocycles. The van der Waals surface area contributed by atoms with Crippen LogP contribution in [0, 0.1) is 6.92 Å². The van der Waals surface area contributed by atoms with Crippen LogP contribution in [0.25, 0.3) is 0 Å². The molecule has 0 saturated carbocycles. The number of hydrogen-bond donors (Lipinski definition) is 1. The highest BCUT2D eigenvalue weighted by molar-refractivity contribution is 6.30. The Morgan fingerprint density at radius 1 is 1.23 bits per heavy atom. The molecule has 0 aliphatic rings. The Morgan fingerprint density at radius 3 is 2.55 bits per heavy atom. The van der Waals surface area contributed by atoms with Gasteiger partial charge >= 0.3 is 5.97 Å². The minimum atomic E-state index is -1.04. The van der Waals surface area contributed by atoms with Crippen molar-refractivity contribution >= 4 is 17.6 Å². The summed E-state index contributed by atoms with van der Waals surface area (Å²) in [7, 11) is 1.51. The second kappa shape index (κ2) is 7.18. The van der Waals surface area contributed by atoms with E-state index in [9.17, 15) is 9.90 Å². The SMILES string of the molecule is COc1ccccc1O[C@H](Cc1cc(Cl)ccc1C)C(=O)O. The van der Waals surface area contributed by atoms with Crippen molar-refractivity contribution in [2.75, 3.05) is 7.11 Å². The standard InChI is InChI=1S/C17H17ClO4/c1-11-7-8-13(18)9-12(11)10-16(17(19)20)22-15-6-4-3-5-14(15)21-2/h3-9,16H,10H2,1-2H3,(H,19,20)/t16-/m1/s1. The highest BCUT2D eigenvalue weighted by atomic mass is 35.5. The zero-order valence-corrected chi connectivity index (χ0v) is 13.1. The molecule has 1 atom stereocenters. The topological polar surface area (TPSA) is 55.8 Å². The molecule has 0 aromatic heterocycles. The van der Waals surface area contributed by atoms with E-state index in [0.717, 1.165) is 11.1 Å². The Bertz CT molecular complexity index is 669. The molecular weight excluding hydrogens is 304 g/mol. The van der Waals surface area contributed by atoms with Crippen molar-refractivity contribution in [2.45, 2.75) is 19.4 Å². The van der Waals surface area contributed by atoms with Crippen molar-refractivity contribution in [3.05, 3.63) is 58.6 Å². The number of hydrogen-bond acceptors (Lipinski definition) is 3. The number of carboxylic acid groups (broad SMARTS) is 1. The van der Waals surface area contributed by atoms with Gasteiger partial charge in [-0.2, -0.15) is 0 Å². The number of ether oxygens (including phenoxy) is 2. The summed E-state index contributed by atoms with van der Waals surface area (Å²) < 4.78 is 10.8. The first-order valence-electron chi connectivity index (χ1n) is 6.78. The van der Waals surface area contributed by atoms with E-state index in [-0.39, 0.29) is 6.42 Å². The van der Waals surface area contributed by atoms with Gasteiger partial charge in [0.05, 0.1) is 7.11 Å². The van der Waals surface area contributed by atoms with Gasteiger partial charge in [-0.1, -0.05) is 29.8 Å². The average molecular weight is 321 g/mol. The summed E-state index contributed by atoms with van der Waals surface area (Å²) in [6.07, 6.45) is -0.798. The fraction of sp³-hybridized carbons (Fsp3) is 0.235. The van der Waals surface area contributed by atoms with Gasteiger partial charge in [-0.3, -0.25) is 0 Å². The van der Waals surface area contributed by atoms with E-state index < -0.39 is 12.1 Å². The van der Waals surface area contributed by atoms with Crippen LogP contribution in [0.2, 0.25) is 5.02 Å². The second-order valence-electron chi connectivity index (χ2n) is 4.87. The molecule has 1 N–H and O–H groups in total. The Morgan fingerprint density at radius 2 is 1.91 bits per heavy atom. The molecule has 2 rings (SSSR count). The number of benzene rings is 2. The highest BCUT2D eigenvalue weighted by Gasteiger charge is 2.22. The molecule has 0 radical (unpaired) electrons. The van der Waals surface area contributed by atoms with Crippen molar-refractivity contribution < 1.29 is 19.4 Å². The smallest absolute Gasteiger partial charge is 0.345 e. The second-order valence-corrected chi connectivity index (χ2v) is 5.31. The van der Waals surface area contributed by atoms with Crippen molar-refractivity contribution in [1.29, 1.82) is 0 Å².